The maximum Gasteiger partial charge on any atom is 0.244 e. The largest absolute Gasteiger partial charge is 0.494 e. The predicted molar refractivity (Wildman–Crippen MR) is 127 cm³/mol. The Kier molecular flexibility index (Phi) is 7.20. The monoisotopic (exact) mass is 504 g/mol. The van der Waals surface area contributed by atoms with Crippen molar-refractivity contribution in [3.8, 4) is 17.1 Å². The van der Waals surface area contributed by atoms with Gasteiger partial charge in [-0.2, -0.15) is 9.29 Å². The normalized spacial score (nSPS) is 16.9. The van der Waals surface area contributed by atoms with Crippen LogP contribution >= 0.6 is 11.6 Å². The summed E-state index contributed by atoms with van der Waals surface area (Å²) in [4.78, 5) is 17.0. The minimum atomic E-state index is -3.95. The highest BCUT2D eigenvalue weighted by atomic mass is 35.5. The lowest BCUT2D eigenvalue weighted by Crippen LogP contribution is -2.43. The van der Waals surface area contributed by atoms with Crippen molar-refractivity contribution in [3.63, 3.8) is 0 Å². The van der Waals surface area contributed by atoms with Crippen molar-refractivity contribution in [2.45, 2.75) is 31.6 Å². The molecule has 0 saturated carbocycles. The molecule has 1 N–H and O–H groups in total. The average Bonchev–Trinajstić information content (AvgIpc) is 3.27. The Labute approximate surface area is 203 Å². The Morgan fingerprint density at radius 1 is 1.26 bits per heavy atom. The fourth-order valence-electron chi connectivity index (χ4n) is 3.82. The lowest BCUT2D eigenvalue weighted by atomic mass is 9.99. The highest BCUT2D eigenvalue weighted by molar-refractivity contribution is 7.89. The van der Waals surface area contributed by atoms with E-state index >= 15 is 0 Å². The first-order chi connectivity index (χ1) is 16.3. The molecular formula is C23H25ClN4O5S. The second kappa shape index (κ2) is 10.1. The fraction of sp³-hybridized carbons (Fsp3) is 0.348. The van der Waals surface area contributed by atoms with Crippen LogP contribution in [0, 0.1) is 12.8 Å². The summed E-state index contributed by atoms with van der Waals surface area (Å²) in [5, 5.41) is 6.80. The zero-order valence-corrected chi connectivity index (χ0v) is 20.4. The van der Waals surface area contributed by atoms with Gasteiger partial charge in [-0.15, -0.1) is 0 Å². The van der Waals surface area contributed by atoms with E-state index in [0.717, 1.165) is 0 Å². The Morgan fingerprint density at radius 3 is 2.71 bits per heavy atom. The molecule has 0 aliphatic carbocycles. The van der Waals surface area contributed by atoms with Crippen LogP contribution < -0.4 is 10.1 Å². The SMILES string of the molecule is CCOc1ccc(NC(=O)[C@@H]2CCCN(S(=O)(=O)c3cc(-c4noc(C)n4)ccc3Cl)C2)cc1. The van der Waals surface area contributed by atoms with Gasteiger partial charge in [-0.3, -0.25) is 4.79 Å². The number of benzene rings is 2. The summed E-state index contributed by atoms with van der Waals surface area (Å²) in [5.74, 6) is 0.636. The zero-order chi connectivity index (χ0) is 24.3. The summed E-state index contributed by atoms with van der Waals surface area (Å²) in [6.07, 6.45) is 1.15. The first kappa shape index (κ1) is 24.2. The van der Waals surface area contributed by atoms with E-state index in [4.69, 9.17) is 20.9 Å². The van der Waals surface area contributed by atoms with Gasteiger partial charge in [0.25, 0.3) is 0 Å². The van der Waals surface area contributed by atoms with Crippen molar-refractivity contribution < 1.29 is 22.5 Å². The standard InChI is InChI=1S/C23H25ClN4O5S/c1-3-32-19-9-7-18(8-10-19)26-23(29)17-5-4-12-28(14-17)34(30,31)21-13-16(6-11-20(21)24)22-25-15(2)33-27-22/h6-11,13,17H,3-5,12,14H2,1-2H3,(H,26,29)/t17-/m1/s1. The van der Waals surface area contributed by atoms with Crippen LogP contribution in [0.5, 0.6) is 5.75 Å². The summed E-state index contributed by atoms with van der Waals surface area (Å²) in [7, 11) is -3.95. The minimum absolute atomic E-state index is 0.0540. The van der Waals surface area contributed by atoms with Crippen molar-refractivity contribution in [2.24, 2.45) is 5.92 Å². The van der Waals surface area contributed by atoms with Crippen LogP contribution in [-0.2, 0) is 14.8 Å². The highest BCUT2D eigenvalue weighted by Crippen LogP contribution is 2.32. The molecule has 0 bridgehead atoms. The summed E-state index contributed by atoms with van der Waals surface area (Å²) in [6, 6.07) is 11.6. The summed E-state index contributed by atoms with van der Waals surface area (Å²) in [6.45, 7) is 4.47. The number of aryl methyl sites for hydroxylation is 1. The molecule has 1 saturated heterocycles. The Balaban J connectivity index is 1.50. The third-order valence-electron chi connectivity index (χ3n) is 5.52. The van der Waals surface area contributed by atoms with Crippen molar-refractivity contribution in [1.29, 1.82) is 0 Å². The van der Waals surface area contributed by atoms with E-state index in [2.05, 4.69) is 15.5 Å². The molecule has 0 spiro atoms. The molecule has 9 nitrogen and oxygen atoms in total. The van der Waals surface area contributed by atoms with Gasteiger partial charge in [0.1, 0.15) is 10.6 Å². The topological polar surface area (TPSA) is 115 Å². The molecule has 34 heavy (non-hydrogen) atoms. The third kappa shape index (κ3) is 5.24. The van der Waals surface area contributed by atoms with Crippen molar-refractivity contribution in [1.82, 2.24) is 14.4 Å². The molecule has 0 unspecified atom stereocenters. The number of amides is 1. The molecule has 1 aromatic heterocycles. The van der Waals surface area contributed by atoms with E-state index in [9.17, 15) is 13.2 Å². The molecule has 2 heterocycles. The second-order valence-electron chi connectivity index (χ2n) is 7.93. The van der Waals surface area contributed by atoms with Crippen LogP contribution in [0.2, 0.25) is 5.02 Å². The van der Waals surface area contributed by atoms with Crippen LogP contribution in [0.3, 0.4) is 0 Å². The van der Waals surface area contributed by atoms with Crippen molar-refractivity contribution in [2.75, 3.05) is 25.0 Å². The molecule has 1 fully saturated rings. The number of carbonyl (C=O) groups excluding carboxylic acids is 1. The molecular weight excluding hydrogens is 480 g/mol. The molecule has 3 aromatic rings. The number of nitrogens with one attached hydrogen (secondary N) is 1. The van der Waals surface area contributed by atoms with Crippen molar-refractivity contribution >= 4 is 33.2 Å². The molecule has 180 valence electrons. The van der Waals surface area contributed by atoms with Crippen LogP contribution in [0.25, 0.3) is 11.4 Å². The van der Waals surface area contributed by atoms with Gasteiger partial charge in [0.15, 0.2) is 0 Å². The first-order valence-electron chi connectivity index (χ1n) is 10.9. The van der Waals surface area contributed by atoms with Gasteiger partial charge in [0.05, 0.1) is 17.5 Å². The van der Waals surface area contributed by atoms with Gasteiger partial charge in [-0.25, -0.2) is 8.42 Å². The third-order valence-corrected chi connectivity index (χ3v) is 7.87. The van der Waals surface area contributed by atoms with E-state index in [1.807, 2.05) is 6.92 Å². The maximum absolute atomic E-state index is 13.5. The van der Waals surface area contributed by atoms with Crippen LogP contribution in [0.15, 0.2) is 51.9 Å². The van der Waals surface area contributed by atoms with Crippen LogP contribution in [0.4, 0.5) is 5.69 Å². The van der Waals surface area contributed by atoms with E-state index in [-0.39, 0.29) is 28.2 Å². The van der Waals surface area contributed by atoms with E-state index < -0.39 is 15.9 Å². The fourth-order valence-corrected chi connectivity index (χ4v) is 5.84. The molecule has 1 aliphatic heterocycles. The quantitative estimate of drug-likeness (QED) is 0.514. The molecule has 4 rings (SSSR count). The second-order valence-corrected chi connectivity index (χ2v) is 10.2. The number of anilines is 1. The van der Waals surface area contributed by atoms with Gasteiger partial charge in [-0.1, -0.05) is 16.8 Å². The van der Waals surface area contributed by atoms with Crippen LogP contribution in [0.1, 0.15) is 25.7 Å². The average molecular weight is 505 g/mol. The predicted octanol–water partition coefficient (Wildman–Crippen LogP) is 4.14. The Hall–Kier alpha value is -2.95. The van der Waals surface area contributed by atoms with Crippen LogP contribution in [-0.4, -0.2) is 48.5 Å². The van der Waals surface area contributed by atoms with E-state index in [1.54, 1.807) is 37.3 Å². The van der Waals surface area contributed by atoms with Gasteiger partial charge in [0, 0.05) is 31.3 Å². The number of piperidine rings is 1. The highest BCUT2D eigenvalue weighted by Gasteiger charge is 2.34. The molecule has 11 heteroatoms. The molecule has 1 aliphatic rings. The van der Waals surface area contributed by atoms with Crippen molar-refractivity contribution in [3.05, 3.63) is 53.4 Å². The van der Waals surface area contributed by atoms with Gasteiger partial charge in [-0.05, 0) is 62.2 Å². The Bertz CT molecular complexity index is 1280. The number of ether oxygens (including phenoxy) is 1. The molecule has 1 amide bonds. The van der Waals surface area contributed by atoms with E-state index in [1.165, 1.54) is 16.4 Å². The number of aromatic nitrogens is 2. The number of sulfonamides is 1. The summed E-state index contributed by atoms with van der Waals surface area (Å²) in [5.41, 5.74) is 1.10. The number of hydrogen-bond donors (Lipinski definition) is 1. The maximum atomic E-state index is 13.5. The lowest BCUT2D eigenvalue weighted by Gasteiger charge is -2.31. The summed E-state index contributed by atoms with van der Waals surface area (Å²) < 4.78 is 38.6. The smallest absolute Gasteiger partial charge is 0.244 e. The Morgan fingerprint density at radius 2 is 2.03 bits per heavy atom. The minimum Gasteiger partial charge on any atom is -0.494 e. The first-order valence-corrected chi connectivity index (χ1v) is 12.7. The number of rotatable bonds is 7. The molecule has 0 radical (unpaired) electrons. The number of hydrogen-bond acceptors (Lipinski definition) is 7. The zero-order valence-electron chi connectivity index (χ0n) is 18.8. The number of nitrogens with zero attached hydrogens (tertiary/aromatic N) is 3. The molecule has 2 aromatic carbocycles. The van der Waals surface area contributed by atoms with E-state index in [0.29, 0.717) is 48.9 Å². The van der Waals surface area contributed by atoms with Gasteiger partial charge in [0.2, 0.25) is 27.6 Å². The number of carbonyl (C=O) groups is 1. The number of halogens is 1. The van der Waals surface area contributed by atoms with Gasteiger partial charge < -0.3 is 14.6 Å². The summed E-state index contributed by atoms with van der Waals surface area (Å²) >= 11 is 6.27. The molecule has 1 atom stereocenters. The lowest BCUT2D eigenvalue weighted by molar-refractivity contribution is -0.120. The van der Waals surface area contributed by atoms with Gasteiger partial charge >= 0.3 is 0 Å².